The second-order valence-electron chi connectivity index (χ2n) is 6.78. The van der Waals surface area contributed by atoms with E-state index in [1.165, 1.54) is 0 Å². The molecular formula is C23H35N5O3. The first-order valence-corrected chi connectivity index (χ1v) is 10.6. The van der Waals surface area contributed by atoms with Gasteiger partial charge in [-0.2, -0.15) is 0 Å². The maximum absolute atomic E-state index is 5.43. The van der Waals surface area contributed by atoms with Crippen molar-refractivity contribution in [2.75, 3.05) is 45.9 Å². The normalized spacial score (nSPS) is 11.1. The average Bonchev–Trinajstić information content (AvgIpc) is 2.81. The standard InChI is InChI=1S/C23H35N5O3/c1-7-24-23(26-15-17-10-11-21(25-14-17)28(8-2)9-3)27-16-18-12-19(29-4)22(31-6)20(13-18)30-5/h10-14H,7-9,15-16H2,1-6H3,(H2,24,26,27). The minimum atomic E-state index is 0.463. The van der Waals surface area contributed by atoms with Crippen LogP contribution in [-0.2, 0) is 13.1 Å². The van der Waals surface area contributed by atoms with Crippen LogP contribution in [0, 0.1) is 0 Å². The molecule has 0 aliphatic rings. The molecule has 0 unspecified atom stereocenters. The number of hydrogen-bond donors (Lipinski definition) is 2. The lowest BCUT2D eigenvalue weighted by Gasteiger charge is -2.19. The Morgan fingerprint density at radius 3 is 2.10 bits per heavy atom. The highest BCUT2D eigenvalue weighted by molar-refractivity contribution is 5.79. The van der Waals surface area contributed by atoms with Crippen molar-refractivity contribution in [2.45, 2.75) is 33.9 Å². The Balaban J connectivity index is 2.08. The van der Waals surface area contributed by atoms with Gasteiger partial charge in [-0.15, -0.1) is 0 Å². The zero-order chi connectivity index (χ0) is 22.6. The monoisotopic (exact) mass is 429 g/mol. The van der Waals surface area contributed by atoms with Gasteiger partial charge in [0.05, 0.1) is 27.9 Å². The number of aromatic nitrogens is 1. The molecule has 0 saturated carbocycles. The summed E-state index contributed by atoms with van der Waals surface area (Å²) >= 11 is 0. The molecule has 0 fully saturated rings. The van der Waals surface area contributed by atoms with Crippen LogP contribution in [0.5, 0.6) is 17.2 Å². The Kier molecular flexibility index (Phi) is 9.74. The molecule has 8 heteroatoms. The zero-order valence-corrected chi connectivity index (χ0v) is 19.5. The lowest BCUT2D eigenvalue weighted by molar-refractivity contribution is 0.324. The van der Waals surface area contributed by atoms with E-state index in [2.05, 4.69) is 46.5 Å². The van der Waals surface area contributed by atoms with Gasteiger partial charge in [0.2, 0.25) is 5.75 Å². The first kappa shape index (κ1) is 24.1. The summed E-state index contributed by atoms with van der Waals surface area (Å²) in [6.45, 7) is 10.1. The van der Waals surface area contributed by atoms with Crippen molar-refractivity contribution >= 4 is 11.8 Å². The summed E-state index contributed by atoms with van der Waals surface area (Å²) in [6.07, 6.45) is 1.91. The molecule has 2 N–H and O–H groups in total. The molecule has 0 amide bonds. The van der Waals surface area contributed by atoms with Gasteiger partial charge in [0.25, 0.3) is 0 Å². The summed E-state index contributed by atoms with van der Waals surface area (Å²) in [6, 6.07) is 7.97. The number of nitrogens with one attached hydrogen (secondary N) is 2. The summed E-state index contributed by atoms with van der Waals surface area (Å²) in [5, 5.41) is 6.64. The summed E-state index contributed by atoms with van der Waals surface area (Å²) in [4.78, 5) is 11.5. The molecule has 0 aliphatic heterocycles. The Hall–Kier alpha value is -3.16. The Morgan fingerprint density at radius 1 is 0.935 bits per heavy atom. The molecule has 0 saturated heterocycles. The van der Waals surface area contributed by atoms with E-state index in [0.29, 0.717) is 30.3 Å². The van der Waals surface area contributed by atoms with E-state index in [4.69, 9.17) is 19.2 Å². The third-order valence-electron chi connectivity index (χ3n) is 4.84. The molecular weight excluding hydrogens is 394 g/mol. The Morgan fingerprint density at radius 2 is 1.61 bits per heavy atom. The number of anilines is 1. The Labute approximate surface area is 185 Å². The topological polar surface area (TPSA) is 80.2 Å². The van der Waals surface area contributed by atoms with E-state index in [1.807, 2.05) is 25.3 Å². The van der Waals surface area contributed by atoms with Crippen molar-refractivity contribution in [1.82, 2.24) is 15.6 Å². The van der Waals surface area contributed by atoms with Crippen molar-refractivity contribution in [3.8, 4) is 17.2 Å². The zero-order valence-electron chi connectivity index (χ0n) is 19.5. The minimum absolute atomic E-state index is 0.463. The smallest absolute Gasteiger partial charge is 0.203 e. The summed E-state index contributed by atoms with van der Waals surface area (Å²) in [5.41, 5.74) is 2.05. The molecule has 8 nitrogen and oxygen atoms in total. The van der Waals surface area contributed by atoms with Gasteiger partial charge in [0.15, 0.2) is 17.5 Å². The molecule has 0 bridgehead atoms. The Bertz CT molecular complexity index is 811. The number of nitrogens with zero attached hydrogens (tertiary/aromatic N) is 3. The third-order valence-corrected chi connectivity index (χ3v) is 4.84. The van der Waals surface area contributed by atoms with Gasteiger partial charge in [-0.05, 0) is 50.1 Å². The highest BCUT2D eigenvalue weighted by atomic mass is 16.5. The van der Waals surface area contributed by atoms with E-state index in [-0.39, 0.29) is 0 Å². The number of aliphatic imine (C=N–C) groups is 1. The van der Waals surface area contributed by atoms with Gasteiger partial charge in [-0.3, -0.25) is 0 Å². The molecule has 0 atom stereocenters. The second-order valence-corrected chi connectivity index (χ2v) is 6.78. The van der Waals surface area contributed by atoms with E-state index in [0.717, 1.165) is 42.5 Å². The van der Waals surface area contributed by atoms with Crippen LogP contribution >= 0.6 is 0 Å². The molecule has 0 radical (unpaired) electrons. The maximum Gasteiger partial charge on any atom is 0.203 e. The molecule has 0 aliphatic carbocycles. The largest absolute Gasteiger partial charge is 0.493 e. The first-order valence-electron chi connectivity index (χ1n) is 10.6. The van der Waals surface area contributed by atoms with Gasteiger partial charge >= 0.3 is 0 Å². The van der Waals surface area contributed by atoms with Crippen molar-refractivity contribution in [2.24, 2.45) is 4.99 Å². The van der Waals surface area contributed by atoms with Crippen molar-refractivity contribution in [1.29, 1.82) is 0 Å². The van der Waals surface area contributed by atoms with E-state index in [1.54, 1.807) is 21.3 Å². The number of guanidine groups is 1. The van der Waals surface area contributed by atoms with Crippen LogP contribution in [-0.4, -0.2) is 51.9 Å². The van der Waals surface area contributed by atoms with Crippen LogP contribution in [0.2, 0.25) is 0 Å². The van der Waals surface area contributed by atoms with Crippen molar-refractivity contribution in [3.05, 3.63) is 41.6 Å². The lowest BCUT2D eigenvalue weighted by Crippen LogP contribution is -2.36. The van der Waals surface area contributed by atoms with Gasteiger partial charge in [-0.25, -0.2) is 9.98 Å². The van der Waals surface area contributed by atoms with Gasteiger partial charge < -0.3 is 29.7 Å². The number of methoxy groups -OCH3 is 3. The molecule has 1 aromatic carbocycles. The number of ether oxygens (including phenoxy) is 3. The number of rotatable bonds is 11. The maximum atomic E-state index is 5.43. The van der Waals surface area contributed by atoms with Crippen LogP contribution in [0.3, 0.4) is 0 Å². The third kappa shape index (κ3) is 6.67. The highest BCUT2D eigenvalue weighted by Crippen LogP contribution is 2.38. The molecule has 1 heterocycles. The summed E-state index contributed by atoms with van der Waals surface area (Å²) < 4.78 is 16.2. The fourth-order valence-corrected chi connectivity index (χ4v) is 3.18. The number of benzene rings is 1. The summed E-state index contributed by atoms with van der Waals surface area (Å²) in [7, 11) is 4.81. The molecule has 170 valence electrons. The number of hydrogen-bond acceptors (Lipinski definition) is 6. The predicted molar refractivity (Wildman–Crippen MR) is 126 cm³/mol. The lowest BCUT2D eigenvalue weighted by atomic mass is 10.2. The van der Waals surface area contributed by atoms with E-state index >= 15 is 0 Å². The van der Waals surface area contributed by atoms with Crippen LogP contribution in [0.15, 0.2) is 35.5 Å². The molecule has 1 aromatic heterocycles. The minimum Gasteiger partial charge on any atom is -0.493 e. The average molecular weight is 430 g/mol. The van der Waals surface area contributed by atoms with E-state index in [9.17, 15) is 0 Å². The fraction of sp³-hybridized carbons (Fsp3) is 0.478. The van der Waals surface area contributed by atoms with Crippen LogP contribution in [0.25, 0.3) is 0 Å². The number of pyridine rings is 1. The van der Waals surface area contributed by atoms with Crippen LogP contribution in [0.1, 0.15) is 31.9 Å². The predicted octanol–water partition coefficient (Wildman–Crippen LogP) is 3.21. The molecule has 2 aromatic rings. The summed E-state index contributed by atoms with van der Waals surface area (Å²) in [5.74, 6) is 3.53. The molecule has 0 spiro atoms. The van der Waals surface area contributed by atoms with Gasteiger partial charge in [0, 0.05) is 32.4 Å². The second kappa shape index (κ2) is 12.5. The molecule has 2 rings (SSSR count). The first-order chi connectivity index (χ1) is 15.1. The van der Waals surface area contributed by atoms with Crippen molar-refractivity contribution < 1.29 is 14.2 Å². The fourth-order valence-electron chi connectivity index (χ4n) is 3.18. The van der Waals surface area contributed by atoms with Crippen LogP contribution < -0.4 is 29.7 Å². The van der Waals surface area contributed by atoms with Crippen molar-refractivity contribution in [3.63, 3.8) is 0 Å². The SMILES string of the molecule is CCNC(=NCc1cc(OC)c(OC)c(OC)c1)NCc1ccc(N(CC)CC)nc1. The quantitative estimate of drug-likeness (QED) is 0.419. The van der Waals surface area contributed by atoms with Crippen LogP contribution in [0.4, 0.5) is 5.82 Å². The van der Waals surface area contributed by atoms with Gasteiger partial charge in [0.1, 0.15) is 5.82 Å². The van der Waals surface area contributed by atoms with E-state index < -0.39 is 0 Å². The highest BCUT2D eigenvalue weighted by Gasteiger charge is 2.13. The molecule has 31 heavy (non-hydrogen) atoms. The van der Waals surface area contributed by atoms with Gasteiger partial charge in [-0.1, -0.05) is 6.07 Å².